The third-order valence-corrected chi connectivity index (χ3v) is 5.34. The van der Waals surface area contributed by atoms with Crippen LogP contribution in [0.5, 0.6) is 0 Å². The minimum atomic E-state index is -0.530. The fourth-order valence-corrected chi connectivity index (χ4v) is 4.04. The van der Waals surface area contributed by atoms with Gasteiger partial charge in [0.2, 0.25) is 0 Å². The van der Waals surface area contributed by atoms with E-state index >= 15 is 0 Å². The quantitative estimate of drug-likeness (QED) is 0.848. The summed E-state index contributed by atoms with van der Waals surface area (Å²) >= 11 is 1.56. The Bertz CT molecular complexity index is 802. The zero-order valence-electron chi connectivity index (χ0n) is 14.2. The van der Waals surface area contributed by atoms with Gasteiger partial charge in [-0.1, -0.05) is 0 Å². The van der Waals surface area contributed by atoms with Crippen molar-refractivity contribution in [2.24, 2.45) is 0 Å². The minimum absolute atomic E-state index is 0.0365. The Hall–Kier alpha value is -2.25. The van der Waals surface area contributed by atoms with Crippen LogP contribution in [0.1, 0.15) is 55.9 Å². The third kappa shape index (κ3) is 3.57. The minimum Gasteiger partial charge on any atom is -0.465 e. The van der Waals surface area contributed by atoms with Crippen LogP contribution in [-0.2, 0) is 11.3 Å². The van der Waals surface area contributed by atoms with Crippen LogP contribution in [-0.4, -0.2) is 40.5 Å². The van der Waals surface area contributed by atoms with E-state index in [9.17, 15) is 14.7 Å². The number of aromatic nitrogens is 1. The average molecular weight is 360 g/mol. The van der Waals surface area contributed by atoms with Gasteiger partial charge in [0.05, 0.1) is 25.3 Å². The van der Waals surface area contributed by atoms with Gasteiger partial charge in [-0.15, -0.1) is 11.3 Å². The Morgan fingerprint density at radius 2 is 2.12 bits per heavy atom. The number of aliphatic hydroxyl groups is 1. The first-order valence-corrected chi connectivity index (χ1v) is 8.97. The predicted molar refractivity (Wildman–Crippen MR) is 93.6 cm³/mol. The molecule has 132 valence electrons. The number of benzene rings is 1. The lowest BCUT2D eigenvalue weighted by molar-refractivity contribution is 0.0600. The molecule has 1 amide bonds. The van der Waals surface area contributed by atoms with Crippen LogP contribution in [0.3, 0.4) is 0 Å². The van der Waals surface area contributed by atoms with Gasteiger partial charge in [-0.2, -0.15) is 0 Å². The average Bonchev–Trinajstić information content (AvgIpc) is 3.28. The summed E-state index contributed by atoms with van der Waals surface area (Å²) in [4.78, 5) is 31.2. The van der Waals surface area contributed by atoms with Crippen molar-refractivity contribution in [3.05, 3.63) is 51.0 Å². The van der Waals surface area contributed by atoms with Gasteiger partial charge in [-0.25, -0.2) is 9.78 Å². The molecular formula is C18H20N2O4S. The van der Waals surface area contributed by atoms with E-state index in [1.165, 1.54) is 19.2 Å². The number of carbonyl (C=O) groups excluding carboxylic acids is 2. The van der Waals surface area contributed by atoms with Crippen molar-refractivity contribution < 1.29 is 19.4 Å². The largest absolute Gasteiger partial charge is 0.465 e. The molecule has 1 aromatic carbocycles. The van der Waals surface area contributed by atoms with Gasteiger partial charge in [-0.05, 0) is 43.5 Å². The lowest BCUT2D eigenvalue weighted by Crippen LogP contribution is -2.30. The summed E-state index contributed by atoms with van der Waals surface area (Å²) in [6.07, 6.45) is 1.79. The Labute approximate surface area is 150 Å². The standard InChI is InChI=1S/C18H20N2O4S/c1-11-10-25-16(19-11)15-4-3-5-20(15)17(22)13-6-12(9-21)7-14(8-13)18(23)24-2/h6-8,10,15,21H,3-5,9H2,1-2H3/t15-/m1/s1. The van der Waals surface area contributed by atoms with Crippen LogP contribution < -0.4 is 0 Å². The van der Waals surface area contributed by atoms with Gasteiger partial charge in [0.1, 0.15) is 5.01 Å². The van der Waals surface area contributed by atoms with Crippen molar-refractivity contribution >= 4 is 23.2 Å². The number of thiazole rings is 1. The summed E-state index contributed by atoms with van der Waals surface area (Å²) in [5.74, 6) is -0.686. The number of nitrogens with zero attached hydrogens (tertiary/aromatic N) is 2. The molecule has 0 unspecified atom stereocenters. The molecule has 2 aromatic rings. The SMILES string of the molecule is COC(=O)c1cc(CO)cc(C(=O)N2CCC[C@@H]2c2nc(C)cs2)c1. The second kappa shape index (κ2) is 7.33. The number of likely N-dealkylation sites (tertiary alicyclic amines) is 1. The number of rotatable bonds is 4. The second-order valence-corrected chi connectivity index (χ2v) is 6.94. The molecule has 7 heteroatoms. The molecule has 3 rings (SSSR count). The molecule has 0 aliphatic carbocycles. The highest BCUT2D eigenvalue weighted by Crippen LogP contribution is 2.35. The fraction of sp³-hybridized carbons (Fsp3) is 0.389. The highest BCUT2D eigenvalue weighted by molar-refractivity contribution is 7.09. The topological polar surface area (TPSA) is 79.7 Å². The molecule has 1 atom stereocenters. The van der Waals surface area contributed by atoms with E-state index in [0.717, 1.165) is 23.5 Å². The molecule has 1 saturated heterocycles. The number of hydrogen-bond donors (Lipinski definition) is 1. The van der Waals surface area contributed by atoms with E-state index in [4.69, 9.17) is 4.74 Å². The lowest BCUT2D eigenvalue weighted by Gasteiger charge is -2.23. The Kier molecular flexibility index (Phi) is 5.15. The van der Waals surface area contributed by atoms with Crippen LogP contribution in [0.25, 0.3) is 0 Å². The number of hydrogen-bond acceptors (Lipinski definition) is 6. The number of aryl methyl sites for hydroxylation is 1. The normalized spacial score (nSPS) is 16.9. The molecule has 1 fully saturated rings. The Balaban J connectivity index is 1.92. The number of methoxy groups -OCH3 is 1. The maximum absolute atomic E-state index is 13.0. The van der Waals surface area contributed by atoms with Crippen molar-refractivity contribution in [2.75, 3.05) is 13.7 Å². The maximum atomic E-state index is 13.0. The highest BCUT2D eigenvalue weighted by Gasteiger charge is 2.32. The van der Waals surface area contributed by atoms with Crippen LogP contribution in [0.4, 0.5) is 0 Å². The molecule has 1 aromatic heterocycles. The molecule has 0 saturated carbocycles. The summed E-state index contributed by atoms with van der Waals surface area (Å²) in [7, 11) is 1.29. The molecular weight excluding hydrogens is 340 g/mol. The molecule has 0 radical (unpaired) electrons. The van der Waals surface area contributed by atoms with Crippen molar-refractivity contribution in [1.82, 2.24) is 9.88 Å². The molecule has 0 bridgehead atoms. The van der Waals surface area contributed by atoms with E-state index in [1.54, 1.807) is 22.3 Å². The fourth-order valence-electron chi connectivity index (χ4n) is 3.10. The first-order valence-electron chi connectivity index (χ1n) is 8.09. The maximum Gasteiger partial charge on any atom is 0.337 e. The first kappa shape index (κ1) is 17.6. The van der Waals surface area contributed by atoms with Crippen molar-refractivity contribution in [1.29, 1.82) is 0 Å². The molecule has 6 nitrogen and oxygen atoms in total. The van der Waals surface area contributed by atoms with Gasteiger partial charge in [0.15, 0.2) is 0 Å². The summed E-state index contributed by atoms with van der Waals surface area (Å²) in [5, 5.41) is 12.4. The molecule has 0 spiro atoms. The van der Waals surface area contributed by atoms with Crippen LogP contribution in [0, 0.1) is 6.92 Å². The van der Waals surface area contributed by atoms with E-state index in [2.05, 4.69) is 4.98 Å². The summed E-state index contributed by atoms with van der Waals surface area (Å²) in [5.41, 5.74) is 2.10. The van der Waals surface area contributed by atoms with Crippen molar-refractivity contribution in [3.8, 4) is 0 Å². The zero-order chi connectivity index (χ0) is 18.0. The Morgan fingerprint density at radius 3 is 2.76 bits per heavy atom. The highest BCUT2D eigenvalue weighted by atomic mass is 32.1. The van der Waals surface area contributed by atoms with Gasteiger partial charge >= 0.3 is 5.97 Å². The van der Waals surface area contributed by atoms with Gasteiger partial charge in [-0.3, -0.25) is 4.79 Å². The summed E-state index contributed by atoms with van der Waals surface area (Å²) in [6.45, 7) is 2.34. The number of esters is 1. The van der Waals surface area contributed by atoms with Crippen molar-refractivity contribution in [2.45, 2.75) is 32.4 Å². The zero-order valence-corrected chi connectivity index (χ0v) is 15.0. The van der Waals surface area contributed by atoms with Gasteiger partial charge in [0.25, 0.3) is 5.91 Å². The number of amides is 1. The molecule has 1 N–H and O–H groups in total. The van der Waals surface area contributed by atoms with Crippen molar-refractivity contribution in [3.63, 3.8) is 0 Å². The number of aliphatic hydroxyl groups excluding tert-OH is 1. The number of ether oxygens (including phenoxy) is 1. The first-order chi connectivity index (χ1) is 12.0. The third-order valence-electron chi connectivity index (χ3n) is 4.28. The summed E-state index contributed by atoms with van der Waals surface area (Å²) < 4.78 is 4.74. The van der Waals surface area contributed by atoms with Crippen LogP contribution >= 0.6 is 11.3 Å². The summed E-state index contributed by atoms with van der Waals surface area (Å²) in [6, 6.07) is 4.65. The van der Waals surface area contributed by atoms with Gasteiger partial charge < -0.3 is 14.7 Å². The monoisotopic (exact) mass is 360 g/mol. The van der Waals surface area contributed by atoms with Crippen LogP contribution in [0.2, 0.25) is 0 Å². The second-order valence-electron chi connectivity index (χ2n) is 6.05. The predicted octanol–water partition coefficient (Wildman–Crippen LogP) is 2.71. The molecule has 1 aliphatic rings. The van der Waals surface area contributed by atoms with Crippen LogP contribution in [0.15, 0.2) is 23.6 Å². The molecule has 1 aliphatic heterocycles. The smallest absolute Gasteiger partial charge is 0.337 e. The van der Waals surface area contributed by atoms with E-state index in [-0.39, 0.29) is 24.1 Å². The van der Waals surface area contributed by atoms with E-state index < -0.39 is 5.97 Å². The lowest BCUT2D eigenvalue weighted by atomic mass is 10.0. The number of carbonyl (C=O) groups is 2. The molecule has 2 heterocycles. The van der Waals surface area contributed by atoms with Gasteiger partial charge in [0, 0.05) is 23.2 Å². The van der Waals surface area contributed by atoms with E-state index in [0.29, 0.717) is 17.7 Å². The van der Waals surface area contributed by atoms with E-state index in [1.807, 2.05) is 12.3 Å². The molecule has 25 heavy (non-hydrogen) atoms. The Morgan fingerprint density at radius 1 is 1.36 bits per heavy atom.